The fourth-order valence-electron chi connectivity index (χ4n) is 8.43. The van der Waals surface area contributed by atoms with Crippen LogP contribution in [0.4, 0.5) is 0 Å². The van der Waals surface area contributed by atoms with Gasteiger partial charge in [-0.05, 0) is 13.8 Å². The van der Waals surface area contributed by atoms with Crippen molar-refractivity contribution in [2.75, 3.05) is 19.8 Å². The summed E-state index contributed by atoms with van der Waals surface area (Å²) in [4.78, 5) is 37.8. The smallest absolute Gasteiger partial charge is 0.364 e. The third kappa shape index (κ3) is 11.7. The topological polar surface area (TPSA) is 442 Å². The van der Waals surface area contributed by atoms with Crippen LogP contribution in [0, 0.1) is 0 Å². The van der Waals surface area contributed by atoms with Gasteiger partial charge in [0.1, 0.15) is 91.5 Å². The summed E-state index contributed by atoms with van der Waals surface area (Å²) >= 11 is 0. The Morgan fingerprint density at radius 2 is 1.26 bits per heavy atom. The van der Waals surface area contributed by atoms with Crippen molar-refractivity contribution in [3.63, 3.8) is 0 Å². The minimum Gasteiger partial charge on any atom is -0.477 e. The number of ether oxygens (including phenoxy) is 9. The van der Waals surface area contributed by atoms with E-state index in [9.17, 15) is 85.9 Å². The molecule has 0 saturated carbocycles. The van der Waals surface area contributed by atoms with Gasteiger partial charge in [0, 0.05) is 26.7 Å². The first-order valence-electron chi connectivity index (χ1n) is 20.8. The average molecular weight is 951 g/mol. The molecule has 28 nitrogen and oxygen atoms in total. The molecule has 16 N–H and O–H groups in total. The number of aliphatic hydroxyl groups excluding tert-OH is 13. The lowest BCUT2D eigenvalue weighted by molar-refractivity contribution is -0.387. The van der Waals surface area contributed by atoms with Gasteiger partial charge in [0.25, 0.3) is 5.79 Å². The fourth-order valence-corrected chi connectivity index (χ4v) is 8.43. The van der Waals surface area contributed by atoms with Crippen molar-refractivity contribution in [1.82, 2.24) is 10.6 Å². The molecule has 0 aliphatic carbocycles. The van der Waals surface area contributed by atoms with Gasteiger partial charge in [0.15, 0.2) is 25.2 Å². The Morgan fingerprint density at radius 1 is 0.677 bits per heavy atom. The number of carboxylic acid groups (broad SMARTS) is 1. The van der Waals surface area contributed by atoms with Gasteiger partial charge in [-0.3, -0.25) is 9.59 Å². The van der Waals surface area contributed by atoms with E-state index in [0.717, 1.165) is 13.8 Å². The number of hydrogen-bond donors (Lipinski definition) is 16. The molecule has 0 spiro atoms. The minimum atomic E-state index is -2.94. The normalized spacial score (nSPS) is 47.0. The van der Waals surface area contributed by atoms with Gasteiger partial charge >= 0.3 is 5.97 Å². The molecular weight excluding hydrogens is 888 g/mol. The second kappa shape index (κ2) is 22.3. The summed E-state index contributed by atoms with van der Waals surface area (Å²) in [5, 5.41) is 153. The highest BCUT2D eigenvalue weighted by atomic mass is 16.8. The predicted octanol–water partition coefficient (Wildman–Crippen LogP) is -9.35. The maximum atomic E-state index is 13.0. The largest absolute Gasteiger partial charge is 0.477 e. The number of hydrogen-bond acceptors (Lipinski definition) is 25. The van der Waals surface area contributed by atoms with Crippen molar-refractivity contribution in [1.29, 1.82) is 0 Å². The molecule has 65 heavy (non-hydrogen) atoms. The predicted molar refractivity (Wildman–Crippen MR) is 203 cm³/mol. The molecule has 28 heteroatoms. The van der Waals surface area contributed by atoms with Gasteiger partial charge in [0.2, 0.25) is 11.8 Å². The Morgan fingerprint density at radius 3 is 1.85 bits per heavy atom. The summed E-state index contributed by atoms with van der Waals surface area (Å²) in [7, 11) is 0. The zero-order valence-corrected chi connectivity index (χ0v) is 35.6. The summed E-state index contributed by atoms with van der Waals surface area (Å²) in [6.45, 7) is 1.91. The number of carbonyl (C=O) groups is 3. The summed E-state index contributed by atoms with van der Waals surface area (Å²) in [5.74, 6) is -6.41. The van der Waals surface area contributed by atoms with Crippen molar-refractivity contribution >= 4 is 17.8 Å². The first kappa shape index (κ1) is 53.5. The molecule has 0 bridgehead atoms. The van der Waals surface area contributed by atoms with E-state index in [1.165, 1.54) is 13.8 Å². The maximum absolute atomic E-state index is 13.0. The van der Waals surface area contributed by atoms with Crippen LogP contribution in [-0.2, 0) is 57.0 Å². The maximum Gasteiger partial charge on any atom is 0.364 e. The molecule has 0 aromatic carbocycles. The van der Waals surface area contributed by atoms with E-state index in [1.807, 2.05) is 0 Å². The third-order valence-corrected chi connectivity index (χ3v) is 11.8. The van der Waals surface area contributed by atoms with Gasteiger partial charge in [-0.1, -0.05) is 0 Å². The average Bonchev–Trinajstić information content (AvgIpc) is 3.24. The number of carbonyl (C=O) groups excluding carboxylic acids is 2. The second-order valence-corrected chi connectivity index (χ2v) is 16.7. The van der Waals surface area contributed by atoms with Crippen molar-refractivity contribution in [2.24, 2.45) is 0 Å². The van der Waals surface area contributed by atoms with E-state index < -0.39 is 197 Å². The number of nitrogens with one attached hydrogen (secondary N) is 2. The molecule has 0 unspecified atom stereocenters. The Balaban J connectivity index is 1.50. The molecule has 376 valence electrons. The Kier molecular flexibility index (Phi) is 18.4. The van der Waals surface area contributed by atoms with Crippen LogP contribution in [0.2, 0.25) is 0 Å². The van der Waals surface area contributed by atoms with Crippen LogP contribution in [0.1, 0.15) is 40.5 Å². The lowest BCUT2D eigenvalue weighted by atomic mass is 9.88. The molecule has 0 aromatic heterocycles. The van der Waals surface area contributed by atoms with Crippen LogP contribution in [0.25, 0.3) is 0 Å². The number of carboxylic acids is 1. The number of amides is 2. The summed E-state index contributed by atoms with van der Waals surface area (Å²) in [5.41, 5.74) is 0. The first-order valence-corrected chi connectivity index (χ1v) is 20.8. The SMILES string of the molecule is CC(=O)N[C@H]1[C@H](O[C@@H]2[C@@H](O)[C@H](O)O[C@H](CO)[C@@H]2O)O[C@H](CO)[C@@H](O[C@@H]2O[C@H](C)C[C@H](O[C@]3(C(=O)O)C[C@H](O)[C@@H](NC(C)=O)[C@H]([C@H](O)[C@H](O)CO)O3)[C@H]2O)[C@@H]1O[C@@H]1O[C@@H](C)[C@@H](O)[C@@H](O)[C@@H]1O. The first-order chi connectivity index (χ1) is 30.5. The van der Waals surface area contributed by atoms with Crippen molar-refractivity contribution in [3.05, 3.63) is 0 Å². The number of aliphatic carboxylic acids is 1. The summed E-state index contributed by atoms with van der Waals surface area (Å²) < 4.78 is 52.5. The van der Waals surface area contributed by atoms with Gasteiger partial charge in [-0.15, -0.1) is 0 Å². The van der Waals surface area contributed by atoms with Gasteiger partial charge in [0.05, 0.1) is 50.3 Å². The lowest BCUT2D eigenvalue weighted by Gasteiger charge is -2.51. The molecule has 0 radical (unpaired) electrons. The van der Waals surface area contributed by atoms with Gasteiger partial charge in [-0.25, -0.2) is 4.79 Å². The van der Waals surface area contributed by atoms with E-state index in [0.29, 0.717) is 0 Å². The van der Waals surface area contributed by atoms with Crippen LogP contribution >= 0.6 is 0 Å². The quantitative estimate of drug-likeness (QED) is 0.0683. The number of rotatable bonds is 16. The van der Waals surface area contributed by atoms with Crippen LogP contribution in [0.5, 0.6) is 0 Å². The molecule has 5 aliphatic heterocycles. The van der Waals surface area contributed by atoms with Crippen LogP contribution < -0.4 is 10.6 Å². The fraction of sp³-hybridized carbons (Fsp3) is 0.919. The van der Waals surface area contributed by atoms with Crippen molar-refractivity contribution < 1.29 is 129 Å². The van der Waals surface area contributed by atoms with E-state index >= 15 is 0 Å². The van der Waals surface area contributed by atoms with Crippen LogP contribution in [-0.4, -0.2) is 262 Å². The molecule has 5 fully saturated rings. The highest BCUT2D eigenvalue weighted by Crippen LogP contribution is 2.39. The Bertz CT molecular complexity index is 1590. The van der Waals surface area contributed by atoms with E-state index in [2.05, 4.69) is 10.6 Å². The molecule has 5 rings (SSSR count). The molecule has 5 aliphatic rings. The summed E-state index contributed by atoms with van der Waals surface area (Å²) in [6.07, 6.45) is -40.8. The Labute approximate surface area is 370 Å². The third-order valence-electron chi connectivity index (χ3n) is 11.8. The highest BCUT2D eigenvalue weighted by Gasteiger charge is 2.60. The highest BCUT2D eigenvalue weighted by molar-refractivity contribution is 5.76. The van der Waals surface area contributed by atoms with E-state index in [4.69, 9.17) is 42.6 Å². The zero-order valence-electron chi connectivity index (χ0n) is 35.6. The van der Waals surface area contributed by atoms with E-state index in [-0.39, 0.29) is 6.42 Å². The zero-order chi connectivity index (χ0) is 48.4. The molecule has 0 aromatic rings. The number of aliphatic hydroxyl groups is 13. The van der Waals surface area contributed by atoms with E-state index in [1.54, 1.807) is 0 Å². The van der Waals surface area contributed by atoms with Crippen molar-refractivity contribution in [2.45, 2.75) is 193 Å². The van der Waals surface area contributed by atoms with Crippen LogP contribution in [0.3, 0.4) is 0 Å². The van der Waals surface area contributed by atoms with Gasteiger partial charge < -0.3 is 125 Å². The monoisotopic (exact) mass is 950 g/mol. The second-order valence-electron chi connectivity index (χ2n) is 16.7. The molecule has 5 saturated heterocycles. The summed E-state index contributed by atoms with van der Waals surface area (Å²) in [6, 6.07) is -3.26. The van der Waals surface area contributed by atoms with Crippen LogP contribution in [0.15, 0.2) is 0 Å². The standard InChI is InChI=1S/C37H62N2O26/c1-10-5-16(64-37(36(55)56)6-14(45)19(38-12(3)43)29(65-37)22(48)15(46)7-40)24(50)34(57-10)61-28-18(9-42)60-33(63-31-23(49)17(8-41)59-32(54)27(31)53)20(39-13(4)44)30(28)62-35-26(52)25(51)21(47)11(2)58-35/h10-11,14-35,40-42,45-54H,5-9H2,1-4H3,(H,38,43)(H,39,44)(H,55,56)/t10-,11+,14+,15-,16+,17-,18-,19-,20-,21-,22-,23+,24-,25-,26+,27-,28-,29-,30-,31+,32-,33+,34+,35+,37-/m1/s1. The Hall–Kier alpha value is -2.47. The molecule has 25 atom stereocenters. The van der Waals surface area contributed by atoms with Gasteiger partial charge in [-0.2, -0.15) is 0 Å². The lowest BCUT2D eigenvalue weighted by Crippen LogP contribution is -2.71. The molecule has 5 heterocycles. The minimum absolute atomic E-state index is 0.317. The molecule has 2 amide bonds. The molecular formula is C37H62N2O26. The van der Waals surface area contributed by atoms with Crippen molar-refractivity contribution in [3.8, 4) is 0 Å².